The Kier molecular flexibility index (Phi) is 8.18. The molecule has 0 saturated heterocycles. The van der Waals surface area contributed by atoms with Crippen molar-refractivity contribution in [2.75, 3.05) is 13.2 Å². The topological polar surface area (TPSA) is 200 Å². The molecule has 12 heteroatoms. The highest BCUT2D eigenvalue weighted by Crippen LogP contribution is 1.98. The van der Waals surface area contributed by atoms with E-state index in [1.54, 1.807) is 0 Å². The summed E-state index contributed by atoms with van der Waals surface area (Å²) in [6.07, 6.45) is 2.79. The number of imidazole rings is 1. The van der Waals surface area contributed by atoms with E-state index in [4.69, 9.17) is 15.9 Å². The van der Waals surface area contributed by atoms with Crippen LogP contribution in [0.3, 0.4) is 0 Å². The van der Waals surface area contributed by atoms with Gasteiger partial charge in [-0.2, -0.15) is 0 Å². The number of hydrogen-bond acceptors (Lipinski definition) is 7. The third-order valence-electron chi connectivity index (χ3n) is 3.26. The summed E-state index contributed by atoms with van der Waals surface area (Å²) in [4.78, 5) is 52.9. The molecule has 3 amide bonds. The SMILES string of the molecule is CC(N)C(=O)NC(CO)C(=O)NCC(=O)NC(Cc1cnc[nH]1)C(=O)O. The lowest BCUT2D eigenvalue weighted by atomic mass is 10.1. The average molecular weight is 370 g/mol. The number of aliphatic hydroxyl groups is 1. The Morgan fingerprint density at radius 1 is 1.23 bits per heavy atom. The molecule has 3 atom stereocenters. The maximum Gasteiger partial charge on any atom is 0.326 e. The van der Waals surface area contributed by atoms with Crippen molar-refractivity contribution in [3.8, 4) is 0 Å². The van der Waals surface area contributed by atoms with Crippen molar-refractivity contribution in [3.63, 3.8) is 0 Å². The molecule has 12 nitrogen and oxygen atoms in total. The predicted octanol–water partition coefficient (Wildman–Crippen LogP) is -3.54. The fourth-order valence-corrected chi connectivity index (χ4v) is 1.85. The molecular weight excluding hydrogens is 348 g/mol. The van der Waals surface area contributed by atoms with E-state index >= 15 is 0 Å². The number of H-pyrrole nitrogens is 1. The summed E-state index contributed by atoms with van der Waals surface area (Å²) in [7, 11) is 0. The van der Waals surface area contributed by atoms with Gasteiger partial charge in [0.1, 0.15) is 12.1 Å². The van der Waals surface area contributed by atoms with E-state index in [0.717, 1.165) is 0 Å². The van der Waals surface area contributed by atoms with Gasteiger partial charge in [0.25, 0.3) is 0 Å². The summed E-state index contributed by atoms with van der Waals surface area (Å²) in [6, 6.07) is -3.37. The normalized spacial score (nSPS) is 14.0. The van der Waals surface area contributed by atoms with Crippen molar-refractivity contribution in [3.05, 3.63) is 18.2 Å². The molecule has 0 aliphatic rings. The molecular formula is C14H22N6O6. The lowest BCUT2D eigenvalue weighted by Gasteiger charge is -2.18. The van der Waals surface area contributed by atoms with Gasteiger partial charge in [0.15, 0.2) is 0 Å². The van der Waals surface area contributed by atoms with Gasteiger partial charge in [-0.3, -0.25) is 14.4 Å². The summed E-state index contributed by atoms with van der Waals surface area (Å²) in [5.74, 6) is -3.46. The molecule has 0 aliphatic carbocycles. The number of nitrogens with one attached hydrogen (secondary N) is 4. The molecule has 1 rings (SSSR count). The number of aromatic nitrogens is 2. The molecule has 0 bridgehead atoms. The summed E-state index contributed by atoms with van der Waals surface area (Å²) < 4.78 is 0. The minimum absolute atomic E-state index is 0.0151. The van der Waals surface area contributed by atoms with Crippen molar-refractivity contribution in [2.24, 2.45) is 5.73 Å². The van der Waals surface area contributed by atoms with Crippen molar-refractivity contribution in [2.45, 2.75) is 31.5 Å². The third-order valence-corrected chi connectivity index (χ3v) is 3.26. The zero-order valence-corrected chi connectivity index (χ0v) is 14.1. The van der Waals surface area contributed by atoms with Crippen LogP contribution in [0.4, 0.5) is 0 Å². The molecule has 3 unspecified atom stereocenters. The van der Waals surface area contributed by atoms with Crippen LogP contribution in [0.5, 0.6) is 0 Å². The molecule has 144 valence electrons. The van der Waals surface area contributed by atoms with Crippen LogP contribution in [0.1, 0.15) is 12.6 Å². The standard InChI is InChI=1S/C14H22N6O6/c1-7(15)12(23)20-10(5-21)13(24)17-4-11(22)19-9(14(25)26)2-8-3-16-6-18-8/h3,6-7,9-10,21H,2,4-5,15H2,1H3,(H,16,18)(H,17,24)(H,19,22)(H,20,23)(H,25,26). The largest absolute Gasteiger partial charge is 0.480 e. The quantitative estimate of drug-likeness (QED) is 0.219. The average Bonchev–Trinajstić information content (AvgIpc) is 3.09. The van der Waals surface area contributed by atoms with Crippen LogP contribution in [0.25, 0.3) is 0 Å². The lowest BCUT2D eigenvalue weighted by molar-refractivity contribution is -0.141. The van der Waals surface area contributed by atoms with E-state index in [-0.39, 0.29) is 6.42 Å². The van der Waals surface area contributed by atoms with Crippen LogP contribution in [0.2, 0.25) is 0 Å². The summed E-state index contributed by atoms with van der Waals surface area (Å²) >= 11 is 0. The van der Waals surface area contributed by atoms with E-state index in [0.29, 0.717) is 5.69 Å². The number of nitrogens with two attached hydrogens (primary N) is 1. The zero-order chi connectivity index (χ0) is 19.7. The Morgan fingerprint density at radius 2 is 1.92 bits per heavy atom. The number of amides is 3. The molecule has 26 heavy (non-hydrogen) atoms. The second-order valence-corrected chi connectivity index (χ2v) is 5.49. The fraction of sp³-hybridized carbons (Fsp3) is 0.500. The number of carboxylic acids is 1. The van der Waals surface area contributed by atoms with Crippen molar-refractivity contribution in [1.29, 1.82) is 0 Å². The highest BCUT2D eigenvalue weighted by Gasteiger charge is 2.24. The van der Waals surface area contributed by atoms with Gasteiger partial charge in [-0.05, 0) is 6.92 Å². The van der Waals surface area contributed by atoms with Crippen LogP contribution in [-0.4, -0.2) is 75.1 Å². The Hall–Kier alpha value is -2.99. The van der Waals surface area contributed by atoms with E-state index in [9.17, 15) is 19.2 Å². The molecule has 0 aliphatic heterocycles. The summed E-state index contributed by atoms with van der Waals surface area (Å²) in [5, 5.41) is 25.0. The third kappa shape index (κ3) is 6.86. The van der Waals surface area contributed by atoms with E-state index < -0.39 is 55.0 Å². The smallest absolute Gasteiger partial charge is 0.326 e. The first-order chi connectivity index (χ1) is 12.2. The van der Waals surface area contributed by atoms with Crippen LogP contribution >= 0.6 is 0 Å². The first kappa shape index (κ1) is 21.1. The van der Waals surface area contributed by atoms with Gasteiger partial charge in [0.05, 0.1) is 25.5 Å². The number of rotatable bonds is 10. The van der Waals surface area contributed by atoms with E-state index in [2.05, 4.69) is 25.9 Å². The molecule has 0 spiro atoms. The van der Waals surface area contributed by atoms with Crippen molar-refractivity contribution >= 4 is 23.7 Å². The minimum atomic E-state index is -1.28. The number of carbonyl (C=O) groups excluding carboxylic acids is 3. The predicted molar refractivity (Wildman–Crippen MR) is 87.5 cm³/mol. The van der Waals surface area contributed by atoms with Gasteiger partial charge in [-0.1, -0.05) is 0 Å². The van der Waals surface area contributed by atoms with Crippen molar-refractivity contribution < 1.29 is 29.4 Å². The maximum absolute atomic E-state index is 11.9. The lowest BCUT2D eigenvalue weighted by Crippen LogP contribution is -2.54. The summed E-state index contributed by atoms with van der Waals surface area (Å²) in [5.41, 5.74) is 5.86. The van der Waals surface area contributed by atoms with E-state index in [1.165, 1.54) is 19.4 Å². The molecule has 8 N–H and O–H groups in total. The van der Waals surface area contributed by atoms with Crippen LogP contribution < -0.4 is 21.7 Å². The number of nitrogens with zero attached hydrogens (tertiary/aromatic N) is 1. The monoisotopic (exact) mass is 370 g/mol. The molecule has 0 aromatic carbocycles. The number of aliphatic carboxylic acids is 1. The summed E-state index contributed by atoms with van der Waals surface area (Å²) in [6.45, 7) is 0.181. The van der Waals surface area contributed by atoms with Gasteiger partial charge < -0.3 is 36.9 Å². The van der Waals surface area contributed by atoms with Crippen LogP contribution in [-0.2, 0) is 25.6 Å². The molecule has 1 aromatic rings. The maximum atomic E-state index is 11.9. The second-order valence-electron chi connectivity index (χ2n) is 5.49. The van der Waals surface area contributed by atoms with E-state index in [1.807, 2.05) is 0 Å². The Labute approximate surface area is 148 Å². The minimum Gasteiger partial charge on any atom is -0.480 e. The molecule has 1 heterocycles. The second kappa shape index (κ2) is 10.1. The van der Waals surface area contributed by atoms with Gasteiger partial charge >= 0.3 is 5.97 Å². The first-order valence-corrected chi connectivity index (χ1v) is 7.68. The number of aliphatic hydroxyl groups excluding tert-OH is 1. The van der Waals surface area contributed by atoms with Crippen LogP contribution in [0.15, 0.2) is 12.5 Å². The highest BCUT2D eigenvalue weighted by molar-refractivity contribution is 5.92. The number of carboxylic acid groups (broad SMARTS) is 1. The Balaban J connectivity index is 2.51. The number of hydrogen-bond donors (Lipinski definition) is 7. The van der Waals surface area contributed by atoms with Crippen LogP contribution in [0, 0.1) is 0 Å². The Bertz CT molecular complexity index is 632. The Morgan fingerprint density at radius 3 is 2.42 bits per heavy atom. The van der Waals surface area contributed by atoms with Gasteiger partial charge in [0, 0.05) is 18.3 Å². The first-order valence-electron chi connectivity index (χ1n) is 7.68. The van der Waals surface area contributed by atoms with Gasteiger partial charge in [-0.15, -0.1) is 0 Å². The zero-order valence-electron chi connectivity index (χ0n) is 14.1. The molecule has 0 saturated carbocycles. The molecule has 1 aromatic heterocycles. The molecule has 0 radical (unpaired) electrons. The molecule has 0 fully saturated rings. The van der Waals surface area contributed by atoms with Gasteiger partial charge in [0.2, 0.25) is 17.7 Å². The highest BCUT2D eigenvalue weighted by atomic mass is 16.4. The van der Waals surface area contributed by atoms with Crippen molar-refractivity contribution in [1.82, 2.24) is 25.9 Å². The number of carbonyl (C=O) groups is 4. The van der Waals surface area contributed by atoms with Gasteiger partial charge in [-0.25, -0.2) is 9.78 Å². The fourth-order valence-electron chi connectivity index (χ4n) is 1.85. The number of aromatic amines is 1.